The SMILES string of the molecule is Cc1c(C(=O)NO)ccnc1[N+](=O)[O-]. The molecule has 0 aromatic carbocycles. The average Bonchev–Trinajstić information content (AvgIpc) is 2.16. The lowest BCUT2D eigenvalue weighted by molar-refractivity contribution is -0.390. The smallest absolute Gasteiger partial charge is 0.358 e. The van der Waals surface area contributed by atoms with Crippen molar-refractivity contribution in [3.8, 4) is 0 Å². The van der Waals surface area contributed by atoms with Crippen molar-refractivity contribution in [2.24, 2.45) is 0 Å². The molecule has 0 aliphatic carbocycles. The summed E-state index contributed by atoms with van der Waals surface area (Å²) in [6.45, 7) is 1.38. The summed E-state index contributed by atoms with van der Waals surface area (Å²) in [5.74, 6) is -1.20. The Labute approximate surface area is 78.5 Å². The van der Waals surface area contributed by atoms with Crippen LogP contribution in [0.3, 0.4) is 0 Å². The lowest BCUT2D eigenvalue weighted by atomic mass is 10.1. The number of hydroxylamine groups is 1. The number of rotatable bonds is 2. The van der Waals surface area contributed by atoms with E-state index in [1.807, 2.05) is 0 Å². The lowest BCUT2D eigenvalue weighted by Gasteiger charge is -2.02. The molecule has 1 aromatic rings. The molecule has 0 spiro atoms. The zero-order chi connectivity index (χ0) is 10.7. The van der Waals surface area contributed by atoms with Crippen LogP contribution in [0.4, 0.5) is 5.82 Å². The third-order valence-electron chi connectivity index (χ3n) is 1.70. The molecular weight excluding hydrogens is 190 g/mol. The molecule has 7 nitrogen and oxygen atoms in total. The van der Waals surface area contributed by atoms with Gasteiger partial charge in [-0.1, -0.05) is 0 Å². The van der Waals surface area contributed by atoms with Crippen molar-refractivity contribution in [3.05, 3.63) is 33.5 Å². The van der Waals surface area contributed by atoms with Crippen LogP contribution in [-0.2, 0) is 0 Å². The van der Waals surface area contributed by atoms with Crippen LogP contribution in [-0.4, -0.2) is 21.0 Å². The Morgan fingerprint density at radius 2 is 2.36 bits per heavy atom. The first-order valence-corrected chi connectivity index (χ1v) is 3.62. The molecular formula is C7H7N3O4. The number of nitro groups is 1. The van der Waals surface area contributed by atoms with Gasteiger partial charge in [0.1, 0.15) is 6.20 Å². The fourth-order valence-electron chi connectivity index (χ4n) is 1.01. The van der Waals surface area contributed by atoms with Crippen molar-refractivity contribution in [1.82, 2.24) is 10.5 Å². The molecule has 0 bridgehead atoms. The van der Waals surface area contributed by atoms with E-state index < -0.39 is 16.6 Å². The predicted octanol–water partition coefficient (Wildman–Crippen LogP) is 0.417. The van der Waals surface area contributed by atoms with Gasteiger partial charge in [0.15, 0.2) is 0 Å². The van der Waals surface area contributed by atoms with Gasteiger partial charge in [0.25, 0.3) is 5.91 Å². The van der Waals surface area contributed by atoms with E-state index >= 15 is 0 Å². The Hall–Kier alpha value is -2.02. The van der Waals surface area contributed by atoms with Crippen molar-refractivity contribution in [1.29, 1.82) is 0 Å². The maximum Gasteiger partial charge on any atom is 0.367 e. The van der Waals surface area contributed by atoms with Crippen LogP contribution in [0.2, 0.25) is 0 Å². The number of amides is 1. The first-order valence-electron chi connectivity index (χ1n) is 3.62. The van der Waals surface area contributed by atoms with Gasteiger partial charge in [-0.3, -0.25) is 10.0 Å². The largest absolute Gasteiger partial charge is 0.367 e. The number of carbonyl (C=O) groups excluding carboxylic acids is 1. The Morgan fingerprint density at radius 1 is 1.71 bits per heavy atom. The Kier molecular flexibility index (Phi) is 2.73. The maximum absolute atomic E-state index is 11.0. The molecule has 0 aliphatic rings. The van der Waals surface area contributed by atoms with Gasteiger partial charge in [-0.25, -0.2) is 5.48 Å². The average molecular weight is 197 g/mol. The highest BCUT2D eigenvalue weighted by atomic mass is 16.6. The van der Waals surface area contributed by atoms with Gasteiger partial charge in [-0.05, 0) is 22.9 Å². The van der Waals surface area contributed by atoms with Gasteiger partial charge in [-0.15, -0.1) is 0 Å². The van der Waals surface area contributed by atoms with E-state index in [2.05, 4.69) is 4.98 Å². The minimum absolute atomic E-state index is 0.0224. The monoisotopic (exact) mass is 197 g/mol. The normalized spacial score (nSPS) is 9.57. The maximum atomic E-state index is 11.0. The summed E-state index contributed by atoms with van der Waals surface area (Å²) in [4.78, 5) is 24.2. The summed E-state index contributed by atoms with van der Waals surface area (Å²) in [6, 6.07) is 1.29. The zero-order valence-corrected chi connectivity index (χ0v) is 7.22. The van der Waals surface area contributed by atoms with E-state index in [9.17, 15) is 14.9 Å². The van der Waals surface area contributed by atoms with Crippen LogP contribution >= 0.6 is 0 Å². The van der Waals surface area contributed by atoms with Crippen molar-refractivity contribution in [2.45, 2.75) is 6.92 Å². The fourth-order valence-corrected chi connectivity index (χ4v) is 1.01. The Bertz CT molecular complexity index is 391. The molecule has 14 heavy (non-hydrogen) atoms. The van der Waals surface area contributed by atoms with E-state index in [1.165, 1.54) is 18.5 Å². The second-order valence-corrected chi connectivity index (χ2v) is 2.51. The summed E-state index contributed by atoms with van der Waals surface area (Å²) in [7, 11) is 0. The number of nitrogens with one attached hydrogen (secondary N) is 1. The standard InChI is InChI=1S/C7H7N3O4/c1-4-5(7(11)9-12)2-3-8-6(4)10(13)14/h2-3,12H,1H3,(H,9,11). The molecule has 1 aromatic heterocycles. The van der Waals surface area contributed by atoms with E-state index in [4.69, 9.17) is 5.21 Å². The van der Waals surface area contributed by atoms with Crippen LogP contribution in [0.25, 0.3) is 0 Å². The molecule has 1 heterocycles. The van der Waals surface area contributed by atoms with Crippen molar-refractivity contribution in [3.63, 3.8) is 0 Å². The number of hydrogen-bond acceptors (Lipinski definition) is 5. The van der Waals surface area contributed by atoms with Gasteiger partial charge in [0.05, 0.1) is 11.1 Å². The first-order chi connectivity index (χ1) is 6.57. The molecule has 74 valence electrons. The summed E-state index contributed by atoms with van der Waals surface area (Å²) in [6.07, 6.45) is 1.13. The summed E-state index contributed by atoms with van der Waals surface area (Å²) < 4.78 is 0. The minimum Gasteiger partial charge on any atom is -0.358 e. The van der Waals surface area contributed by atoms with Crippen LogP contribution in [0.15, 0.2) is 12.3 Å². The van der Waals surface area contributed by atoms with Gasteiger partial charge in [0.2, 0.25) is 0 Å². The van der Waals surface area contributed by atoms with Crippen molar-refractivity contribution < 1.29 is 14.9 Å². The molecule has 1 rings (SSSR count). The molecule has 0 saturated carbocycles. The summed E-state index contributed by atoms with van der Waals surface area (Å²) >= 11 is 0. The second-order valence-electron chi connectivity index (χ2n) is 2.51. The van der Waals surface area contributed by atoms with E-state index in [1.54, 1.807) is 0 Å². The molecule has 0 unspecified atom stereocenters. The highest BCUT2D eigenvalue weighted by Gasteiger charge is 2.18. The highest BCUT2D eigenvalue weighted by molar-refractivity contribution is 5.95. The first kappa shape index (κ1) is 10.1. The fraction of sp³-hybridized carbons (Fsp3) is 0.143. The number of carbonyl (C=O) groups is 1. The minimum atomic E-state index is -0.798. The Balaban J connectivity index is 3.27. The van der Waals surface area contributed by atoms with Gasteiger partial charge in [-0.2, -0.15) is 0 Å². The van der Waals surface area contributed by atoms with Crippen LogP contribution in [0.5, 0.6) is 0 Å². The van der Waals surface area contributed by atoms with Crippen LogP contribution in [0.1, 0.15) is 15.9 Å². The third-order valence-corrected chi connectivity index (χ3v) is 1.70. The zero-order valence-electron chi connectivity index (χ0n) is 7.22. The predicted molar refractivity (Wildman–Crippen MR) is 44.9 cm³/mol. The van der Waals surface area contributed by atoms with Crippen molar-refractivity contribution in [2.75, 3.05) is 0 Å². The molecule has 0 fully saturated rings. The highest BCUT2D eigenvalue weighted by Crippen LogP contribution is 2.17. The molecule has 0 atom stereocenters. The summed E-state index contributed by atoms with van der Waals surface area (Å²) in [5.41, 5.74) is 1.54. The van der Waals surface area contributed by atoms with Gasteiger partial charge >= 0.3 is 5.82 Å². The third kappa shape index (κ3) is 1.67. The molecule has 1 amide bonds. The molecule has 2 N–H and O–H groups in total. The van der Waals surface area contributed by atoms with Gasteiger partial charge in [0, 0.05) is 0 Å². The van der Waals surface area contributed by atoms with E-state index in [-0.39, 0.29) is 11.1 Å². The lowest BCUT2D eigenvalue weighted by Crippen LogP contribution is -2.20. The van der Waals surface area contributed by atoms with Crippen LogP contribution < -0.4 is 5.48 Å². The molecule has 0 aliphatic heterocycles. The number of aromatic nitrogens is 1. The van der Waals surface area contributed by atoms with Gasteiger partial charge < -0.3 is 10.1 Å². The van der Waals surface area contributed by atoms with E-state index in [0.717, 1.165) is 6.20 Å². The molecule has 0 saturated heterocycles. The quantitative estimate of drug-likeness (QED) is 0.406. The van der Waals surface area contributed by atoms with E-state index in [0.29, 0.717) is 0 Å². The molecule has 7 heteroatoms. The molecule has 0 radical (unpaired) electrons. The summed E-state index contributed by atoms with van der Waals surface area (Å²) in [5, 5.41) is 18.8. The number of pyridine rings is 1. The second kappa shape index (κ2) is 3.79. The Morgan fingerprint density at radius 3 is 2.86 bits per heavy atom. The number of hydrogen-bond donors (Lipinski definition) is 2. The number of nitrogens with zero attached hydrogens (tertiary/aromatic N) is 2. The van der Waals surface area contributed by atoms with Crippen molar-refractivity contribution >= 4 is 11.7 Å². The van der Waals surface area contributed by atoms with Crippen LogP contribution in [0, 0.1) is 17.0 Å². The topological polar surface area (TPSA) is 105 Å².